The highest BCUT2D eigenvalue weighted by Gasteiger charge is 2.25. The molecule has 0 radical (unpaired) electrons. The summed E-state index contributed by atoms with van der Waals surface area (Å²) in [5, 5.41) is 1.19. The maximum absolute atomic E-state index is 13.2. The SMILES string of the molecule is CCOc1ccc2c(c1)c(=O)c(C(=O)N1CCN(c3cc(Cl)ccc3C)CC1)cn2C. The third-order valence-corrected chi connectivity index (χ3v) is 6.02. The second-order valence-corrected chi connectivity index (χ2v) is 8.24. The van der Waals surface area contributed by atoms with E-state index in [0.29, 0.717) is 48.9 Å². The number of carbonyl (C=O) groups excluding carboxylic acids is 1. The minimum absolute atomic E-state index is 0.191. The van der Waals surface area contributed by atoms with Crippen molar-refractivity contribution in [2.45, 2.75) is 13.8 Å². The summed E-state index contributed by atoms with van der Waals surface area (Å²) in [5.41, 5.74) is 2.94. The molecule has 0 bridgehead atoms. The molecule has 0 aliphatic carbocycles. The van der Waals surface area contributed by atoms with Crippen molar-refractivity contribution in [1.29, 1.82) is 0 Å². The highest BCUT2D eigenvalue weighted by atomic mass is 35.5. The summed E-state index contributed by atoms with van der Waals surface area (Å²) in [6.45, 7) is 6.94. The van der Waals surface area contributed by atoms with Gasteiger partial charge in [0, 0.05) is 50.1 Å². The number of carbonyl (C=O) groups is 1. The molecule has 0 saturated carbocycles. The van der Waals surface area contributed by atoms with Crippen LogP contribution in [0.25, 0.3) is 10.9 Å². The Labute approximate surface area is 186 Å². The molecule has 1 saturated heterocycles. The molecule has 1 fully saturated rings. The Morgan fingerprint density at radius 2 is 1.84 bits per heavy atom. The molecule has 0 N–H and O–H groups in total. The molecule has 31 heavy (non-hydrogen) atoms. The van der Waals surface area contributed by atoms with Gasteiger partial charge >= 0.3 is 0 Å². The highest BCUT2D eigenvalue weighted by Crippen LogP contribution is 2.26. The van der Waals surface area contributed by atoms with E-state index in [0.717, 1.165) is 16.8 Å². The largest absolute Gasteiger partial charge is 0.494 e. The Balaban J connectivity index is 1.58. The summed E-state index contributed by atoms with van der Waals surface area (Å²) in [6, 6.07) is 11.3. The zero-order chi connectivity index (χ0) is 22.1. The van der Waals surface area contributed by atoms with Crippen LogP contribution in [0.5, 0.6) is 5.75 Å². The quantitative estimate of drug-likeness (QED) is 0.619. The van der Waals surface area contributed by atoms with E-state index in [-0.39, 0.29) is 16.9 Å². The number of fused-ring (bicyclic) bond motifs is 1. The van der Waals surface area contributed by atoms with Gasteiger partial charge in [0.1, 0.15) is 11.3 Å². The molecule has 6 nitrogen and oxygen atoms in total. The molecule has 2 aromatic carbocycles. The molecule has 0 spiro atoms. The van der Waals surface area contributed by atoms with Crippen LogP contribution in [0, 0.1) is 6.92 Å². The Morgan fingerprint density at radius 1 is 1.10 bits per heavy atom. The van der Waals surface area contributed by atoms with Gasteiger partial charge in [-0.05, 0) is 49.7 Å². The number of hydrogen-bond acceptors (Lipinski definition) is 4. The van der Waals surface area contributed by atoms with Gasteiger partial charge in [-0.2, -0.15) is 0 Å². The molecular weight excluding hydrogens is 414 g/mol. The molecule has 0 unspecified atom stereocenters. The van der Waals surface area contributed by atoms with Crippen molar-refractivity contribution in [1.82, 2.24) is 9.47 Å². The lowest BCUT2D eigenvalue weighted by Gasteiger charge is -2.37. The molecule has 3 aromatic rings. The molecular formula is C24H26ClN3O3. The first kappa shape index (κ1) is 21.2. The summed E-state index contributed by atoms with van der Waals surface area (Å²) < 4.78 is 7.36. The van der Waals surface area contributed by atoms with E-state index >= 15 is 0 Å². The van der Waals surface area contributed by atoms with Crippen LogP contribution in [0.1, 0.15) is 22.8 Å². The second-order valence-electron chi connectivity index (χ2n) is 7.80. The number of nitrogens with zero attached hydrogens (tertiary/aromatic N) is 3. The number of rotatable bonds is 4. The van der Waals surface area contributed by atoms with Gasteiger partial charge in [-0.3, -0.25) is 9.59 Å². The Morgan fingerprint density at radius 3 is 2.55 bits per heavy atom. The number of ether oxygens (including phenoxy) is 1. The lowest BCUT2D eigenvalue weighted by atomic mass is 10.1. The van der Waals surface area contributed by atoms with Gasteiger partial charge in [0.2, 0.25) is 5.43 Å². The van der Waals surface area contributed by atoms with Crippen molar-refractivity contribution >= 4 is 34.1 Å². The van der Waals surface area contributed by atoms with Gasteiger partial charge < -0.3 is 19.1 Å². The average Bonchev–Trinajstić information content (AvgIpc) is 2.78. The maximum Gasteiger partial charge on any atom is 0.259 e. The van der Waals surface area contributed by atoms with Crippen LogP contribution in [0.4, 0.5) is 5.69 Å². The number of hydrogen-bond donors (Lipinski definition) is 0. The zero-order valence-electron chi connectivity index (χ0n) is 18.0. The van der Waals surface area contributed by atoms with Crippen LogP contribution in [-0.2, 0) is 7.05 Å². The van der Waals surface area contributed by atoms with Crippen molar-refractivity contribution in [2.24, 2.45) is 7.05 Å². The number of anilines is 1. The molecule has 7 heteroatoms. The number of aromatic nitrogens is 1. The summed E-state index contributed by atoms with van der Waals surface area (Å²) in [7, 11) is 1.85. The second kappa shape index (κ2) is 8.63. The van der Waals surface area contributed by atoms with Gasteiger partial charge in [-0.25, -0.2) is 0 Å². The van der Waals surface area contributed by atoms with Crippen molar-refractivity contribution in [3.05, 3.63) is 69.0 Å². The van der Waals surface area contributed by atoms with Gasteiger partial charge in [0.05, 0.1) is 17.5 Å². The van der Waals surface area contributed by atoms with E-state index in [2.05, 4.69) is 11.8 Å². The Kier molecular flexibility index (Phi) is 5.92. The zero-order valence-corrected chi connectivity index (χ0v) is 18.8. The van der Waals surface area contributed by atoms with Crippen molar-refractivity contribution in [2.75, 3.05) is 37.7 Å². The number of aryl methyl sites for hydroxylation is 2. The summed E-state index contributed by atoms with van der Waals surface area (Å²) in [4.78, 5) is 30.4. The third kappa shape index (κ3) is 4.12. The fourth-order valence-electron chi connectivity index (χ4n) is 4.12. The highest BCUT2D eigenvalue weighted by molar-refractivity contribution is 6.30. The first-order chi connectivity index (χ1) is 14.9. The van der Waals surface area contributed by atoms with Crippen LogP contribution >= 0.6 is 11.6 Å². The number of piperazine rings is 1. The van der Waals surface area contributed by atoms with Crippen LogP contribution in [0.15, 0.2) is 47.4 Å². The predicted octanol–water partition coefficient (Wildman–Crippen LogP) is 3.86. The molecule has 162 valence electrons. The van der Waals surface area contributed by atoms with Crippen molar-refractivity contribution in [3.8, 4) is 5.75 Å². The van der Waals surface area contributed by atoms with Gasteiger partial charge in [0.25, 0.3) is 5.91 Å². The van der Waals surface area contributed by atoms with Crippen molar-refractivity contribution < 1.29 is 9.53 Å². The van der Waals surface area contributed by atoms with E-state index in [1.807, 2.05) is 48.9 Å². The van der Waals surface area contributed by atoms with E-state index in [9.17, 15) is 9.59 Å². The number of amides is 1. The van der Waals surface area contributed by atoms with E-state index in [1.165, 1.54) is 0 Å². The average molecular weight is 440 g/mol. The minimum Gasteiger partial charge on any atom is -0.494 e. The molecule has 0 atom stereocenters. The molecule has 1 amide bonds. The van der Waals surface area contributed by atoms with Gasteiger partial charge in [0.15, 0.2) is 0 Å². The standard InChI is InChI=1S/C24H26ClN3O3/c1-4-31-18-7-8-21-19(14-18)23(29)20(15-26(21)3)24(30)28-11-9-27(10-12-28)22-13-17(25)6-5-16(22)2/h5-8,13-15H,4,9-12H2,1-3H3. The van der Waals surface area contributed by atoms with Crippen LogP contribution in [0.3, 0.4) is 0 Å². The Bertz CT molecular complexity index is 1200. The number of benzene rings is 2. The van der Waals surface area contributed by atoms with E-state index < -0.39 is 0 Å². The smallest absolute Gasteiger partial charge is 0.259 e. The van der Waals surface area contributed by atoms with Crippen LogP contribution in [-0.4, -0.2) is 48.2 Å². The normalized spacial score (nSPS) is 14.2. The topological polar surface area (TPSA) is 54.8 Å². The fraction of sp³-hybridized carbons (Fsp3) is 0.333. The third-order valence-electron chi connectivity index (χ3n) is 5.78. The van der Waals surface area contributed by atoms with E-state index in [1.54, 1.807) is 17.2 Å². The molecule has 1 aliphatic heterocycles. The molecule has 1 aliphatic rings. The Hall–Kier alpha value is -2.99. The molecule has 1 aromatic heterocycles. The lowest BCUT2D eigenvalue weighted by molar-refractivity contribution is 0.0745. The van der Waals surface area contributed by atoms with Gasteiger partial charge in [-0.1, -0.05) is 17.7 Å². The maximum atomic E-state index is 13.2. The van der Waals surface area contributed by atoms with Gasteiger partial charge in [-0.15, -0.1) is 0 Å². The van der Waals surface area contributed by atoms with Crippen LogP contribution in [0.2, 0.25) is 5.02 Å². The summed E-state index contributed by atoms with van der Waals surface area (Å²) in [6.07, 6.45) is 1.64. The first-order valence-electron chi connectivity index (χ1n) is 10.5. The minimum atomic E-state index is -0.257. The lowest BCUT2D eigenvalue weighted by Crippen LogP contribution is -2.49. The fourth-order valence-corrected chi connectivity index (χ4v) is 4.29. The molecule has 4 rings (SSSR count). The van der Waals surface area contributed by atoms with Crippen LogP contribution < -0.4 is 15.1 Å². The number of halogens is 1. The number of pyridine rings is 1. The first-order valence-corrected chi connectivity index (χ1v) is 10.8. The predicted molar refractivity (Wildman–Crippen MR) is 125 cm³/mol. The molecule has 2 heterocycles. The summed E-state index contributed by atoms with van der Waals surface area (Å²) in [5.74, 6) is 0.397. The summed E-state index contributed by atoms with van der Waals surface area (Å²) >= 11 is 6.17. The van der Waals surface area contributed by atoms with E-state index in [4.69, 9.17) is 16.3 Å². The monoisotopic (exact) mass is 439 g/mol. The van der Waals surface area contributed by atoms with Crippen molar-refractivity contribution in [3.63, 3.8) is 0 Å².